The normalized spacial score (nSPS) is 12.1. The molecule has 0 spiro atoms. The Bertz CT molecular complexity index is 571. The number of nitrogens with one attached hydrogen (secondary N) is 1. The van der Waals surface area contributed by atoms with Crippen LogP contribution in [0.2, 0.25) is 0 Å². The summed E-state index contributed by atoms with van der Waals surface area (Å²) in [5.41, 5.74) is 8.14. The van der Waals surface area contributed by atoms with Crippen LogP contribution in [0.4, 0.5) is 5.82 Å². The Balaban J connectivity index is 2.43. The smallest absolute Gasteiger partial charge is 0.128 e. The van der Waals surface area contributed by atoms with Crippen molar-refractivity contribution in [2.24, 2.45) is 0 Å². The van der Waals surface area contributed by atoms with E-state index in [1.807, 2.05) is 37.3 Å². The first-order valence-electron chi connectivity index (χ1n) is 7.43. The van der Waals surface area contributed by atoms with Gasteiger partial charge >= 0.3 is 0 Å². The van der Waals surface area contributed by atoms with Gasteiger partial charge in [0, 0.05) is 17.3 Å². The highest BCUT2D eigenvalue weighted by atomic mass is 16.5. The summed E-state index contributed by atoms with van der Waals surface area (Å²) >= 11 is 0. The van der Waals surface area contributed by atoms with Gasteiger partial charge in [0.1, 0.15) is 11.6 Å². The number of pyridine rings is 1. The second kappa shape index (κ2) is 7.64. The van der Waals surface area contributed by atoms with Crippen LogP contribution in [-0.2, 0) is 0 Å². The van der Waals surface area contributed by atoms with E-state index in [9.17, 15) is 0 Å². The van der Waals surface area contributed by atoms with Crippen molar-refractivity contribution in [1.82, 2.24) is 10.3 Å². The number of ether oxygens (including phenoxy) is 1. The van der Waals surface area contributed by atoms with Crippen LogP contribution in [-0.4, -0.2) is 18.1 Å². The molecule has 1 atom stereocenters. The van der Waals surface area contributed by atoms with Crippen molar-refractivity contribution in [3.05, 3.63) is 53.7 Å². The summed E-state index contributed by atoms with van der Waals surface area (Å²) in [6.45, 7) is 5.67. The van der Waals surface area contributed by atoms with Gasteiger partial charge in [-0.2, -0.15) is 0 Å². The molecule has 0 radical (unpaired) electrons. The topological polar surface area (TPSA) is 60.2 Å². The first-order chi connectivity index (χ1) is 10.3. The zero-order valence-electron chi connectivity index (χ0n) is 12.7. The lowest BCUT2D eigenvalue weighted by molar-refractivity contribution is 0.333. The van der Waals surface area contributed by atoms with Gasteiger partial charge in [-0.3, -0.25) is 0 Å². The lowest BCUT2D eigenvalue weighted by Crippen LogP contribution is -2.25. The molecule has 1 unspecified atom stereocenters. The van der Waals surface area contributed by atoms with E-state index < -0.39 is 0 Å². The Labute approximate surface area is 126 Å². The van der Waals surface area contributed by atoms with E-state index in [-0.39, 0.29) is 6.04 Å². The van der Waals surface area contributed by atoms with E-state index in [1.165, 1.54) is 0 Å². The van der Waals surface area contributed by atoms with Crippen LogP contribution in [0.15, 0.2) is 42.6 Å². The second-order valence-corrected chi connectivity index (χ2v) is 4.84. The van der Waals surface area contributed by atoms with Gasteiger partial charge in [0.25, 0.3) is 0 Å². The first kappa shape index (κ1) is 15.3. The molecule has 2 rings (SSSR count). The molecule has 0 saturated heterocycles. The molecular weight excluding hydrogens is 262 g/mol. The second-order valence-electron chi connectivity index (χ2n) is 4.84. The molecule has 0 saturated carbocycles. The molecule has 2 aromatic rings. The largest absolute Gasteiger partial charge is 0.494 e. The summed E-state index contributed by atoms with van der Waals surface area (Å²) in [5, 5.41) is 3.54. The monoisotopic (exact) mass is 285 g/mol. The van der Waals surface area contributed by atoms with Crippen LogP contribution in [0.5, 0.6) is 5.75 Å². The summed E-state index contributed by atoms with van der Waals surface area (Å²) < 4.78 is 5.76. The summed E-state index contributed by atoms with van der Waals surface area (Å²) in [7, 11) is 0. The number of benzene rings is 1. The number of aromatic nitrogens is 1. The van der Waals surface area contributed by atoms with Crippen LogP contribution in [0.25, 0.3) is 0 Å². The summed E-state index contributed by atoms with van der Waals surface area (Å²) in [5.74, 6) is 1.44. The van der Waals surface area contributed by atoms with Crippen molar-refractivity contribution in [3.8, 4) is 5.75 Å². The summed E-state index contributed by atoms with van der Waals surface area (Å²) in [4.78, 5) is 4.21. The third-order valence-corrected chi connectivity index (χ3v) is 3.31. The van der Waals surface area contributed by atoms with Gasteiger partial charge in [-0.05, 0) is 32.0 Å². The van der Waals surface area contributed by atoms with Gasteiger partial charge < -0.3 is 15.8 Å². The quantitative estimate of drug-likeness (QED) is 0.820. The molecule has 0 bridgehead atoms. The van der Waals surface area contributed by atoms with E-state index >= 15 is 0 Å². The van der Waals surface area contributed by atoms with Crippen molar-refractivity contribution >= 4 is 5.82 Å². The lowest BCUT2D eigenvalue weighted by Gasteiger charge is -2.23. The van der Waals surface area contributed by atoms with Crippen molar-refractivity contribution in [2.45, 2.75) is 26.3 Å². The number of anilines is 1. The van der Waals surface area contributed by atoms with Crippen LogP contribution in [0, 0.1) is 0 Å². The molecule has 0 aliphatic carbocycles. The molecule has 0 fully saturated rings. The molecule has 3 N–H and O–H groups in total. The van der Waals surface area contributed by atoms with E-state index in [4.69, 9.17) is 10.5 Å². The molecule has 1 heterocycles. The maximum Gasteiger partial charge on any atom is 0.128 e. The molecule has 112 valence electrons. The predicted molar refractivity (Wildman–Crippen MR) is 86.4 cm³/mol. The average Bonchev–Trinajstić information content (AvgIpc) is 2.51. The zero-order chi connectivity index (χ0) is 15.1. The molecule has 0 aliphatic heterocycles. The van der Waals surface area contributed by atoms with Crippen LogP contribution < -0.4 is 15.8 Å². The van der Waals surface area contributed by atoms with Crippen LogP contribution in [0.3, 0.4) is 0 Å². The third-order valence-electron chi connectivity index (χ3n) is 3.31. The predicted octanol–water partition coefficient (Wildman–Crippen LogP) is 3.15. The Morgan fingerprint density at radius 3 is 2.62 bits per heavy atom. The van der Waals surface area contributed by atoms with Crippen LogP contribution in [0.1, 0.15) is 37.4 Å². The van der Waals surface area contributed by atoms with Crippen molar-refractivity contribution in [2.75, 3.05) is 18.9 Å². The third kappa shape index (κ3) is 3.73. The minimum Gasteiger partial charge on any atom is -0.494 e. The van der Waals surface area contributed by atoms with Gasteiger partial charge in [0.15, 0.2) is 0 Å². The Morgan fingerprint density at radius 2 is 1.90 bits per heavy atom. The molecular formula is C17H23N3O. The van der Waals surface area contributed by atoms with Gasteiger partial charge in [0.05, 0.1) is 12.6 Å². The van der Waals surface area contributed by atoms with E-state index in [0.29, 0.717) is 12.4 Å². The van der Waals surface area contributed by atoms with E-state index in [0.717, 1.165) is 29.8 Å². The highest BCUT2D eigenvalue weighted by molar-refractivity contribution is 5.49. The SMILES string of the molecule is CCCNC(c1ccccc1OCC)c1cccnc1N. The minimum atomic E-state index is -0.0126. The number of nitrogens with zero attached hydrogens (tertiary/aromatic N) is 1. The molecule has 1 aromatic heterocycles. The maximum absolute atomic E-state index is 6.06. The first-order valence-corrected chi connectivity index (χ1v) is 7.43. The number of hydrogen-bond donors (Lipinski definition) is 2. The van der Waals surface area contributed by atoms with E-state index in [1.54, 1.807) is 6.20 Å². The zero-order valence-corrected chi connectivity index (χ0v) is 12.7. The standard InChI is InChI=1S/C17H23N3O/c1-3-11-19-16(14-9-7-12-20-17(14)18)13-8-5-6-10-15(13)21-4-2/h5-10,12,16,19H,3-4,11H2,1-2H3,(H2,18,20). The Kier molecular flexibility index (Phi) is 5.58. The lowest BCUT2D eigenvalue weighted by atomic mass is 9.98. The van der Waals surface area contributed by atoms with Gasteiger partial charge in [0.2, 0.25) is 0 Å². The highest BCUT2D eigenvalue weighted by Crippen LogP contribution is 2.32. The fourth-order valence-corrected chi connectivity index (χ4v) is 2.36. The summed E-state index contributed by atoms with van der Waals surface area (Å²) in [6, 6.07) is 12.0. The van der Waals surface area contributed by atoms with Crippen molar-refractivity contribution in [3.63, 3.8) is 0 Å². The highest BCUT2D eigenvalue weighted by Gasteiger charge is 2.19. The Morgan fingerprint density at radius 1 is 1.14 bits per heavy atom. The number of hydrogen-bond acceptors (Lipinski definition) is 4. The van der Waals surface area contributed by atoms with Crippen molar-refractivity contribution < 1.29 is 4.74 Å². The van der Waals surface area contributed by atoms with Gasteiger partial charge in [-0.25, -0.2) is 4.98 Å². The number of para-hydroxylation sites is 1. The molecule has 4 heteroatoms. The number of nitrogen functional groups attached to an aromatic ring is 1. The molecule has 0 aliphatic rings. The number of nitrogens with two attached hydrogens (primary N) is 1. The molecule has 4 nitrogen and oxygen atoms in total. The fourth-order valence-electron chi connectivity index (χ4n) is 2.36. The average molecular weight is 285 g/mol. The maximum atomic E-state index is 6.06. The van der Waals surface area contributed by atoms with Crippen molar-refractivity contribution in [1.29, 1.82) is 0 Å². The molecule has 21 heavy (non-hydrogen) atoms. The van der Waals surface area contributed by atoms with Gasteiger partial charge in [-0.1, -0.05) is 31.2 Å². The van der Waals surface area contributed by atoms with Gasteiger partial charge in [-0.15, -0.1) is 0 Å². The fraction of sp³-hybridized carbons (Fsp3) is 0.353. The van der Waals surface area contributed by atoms with E-state index in [2.05, 4.69) is 23.3 Å². The molecule has 0 amide bonds. The molecule has 1 aromatic carbocycles. The number of rotatable bonds is 7. The minimum absolute atomic E-state index is 0.0126. The Hall–Kier alpha value is -2.07. The van der Waals surface area contributed by atoms with Crippen LogP contribution >= 0.6 is 0 Å². The summed E-state index contributed by atoms with van der Waals surface area (Å²) in [6.07, 6.45) is 2.76.